The van der Waals surface area contributed by atoms with Gasteiger partial charge in [0, 0.05) is 36.1 Å². The first-order valence-corrected chi connectivity index (χ1v) is 10.9. The summed E-state index contributed by atoms with van der Waals surface area (Å²) in [6.45, 7) is 4.07. The Balaban J connectivity index is 1.86. The molecule has 1 amide bonds. The third-order valence-corrected chi connectivity index (χ3v) is 5.48. The third kappa shape index (κ3) is 8.59. The second-order valence-corrected chi connectivity index (χ2v) is 7.89. The molecule has 0 spiro atoms. The van der Waals surface area contributed by atoms with E-state index in [1.165, 1.54) is 0 Å². The number of rotatable bonds is 13. The number of halogens is 1. The van der Waals surface area contributed by atoms with E-state index < -0.39 is 5.97 Å². The SMILES string of the molecule is COc1ccccc1CC(=O)NCCCN(CCCC(=O)O)C(C)c1ccc(Cl)cc1. The van der Waals surface area contributed by atoms with Gasteiger partial charge in [-0.05, 0) is 50.1 Å². The van der Waals surface area contributed by atoms with Crippen LogP contribution in [0.1, 0.15) is 43.4 Å². The number of para-hydroxylation sites is 1. The van der Waals surface area contributed by atoms with E-state index in [-0.39, 0.29) is 24.8 Å². The van der Waals surface area contributed by atoms with Crippen LogP contribution < -0.4 is 10.1 Å². The zero-order chi connectivity index (χ0) is 22.6. The number of carboxylic acid groups (broad SMARTS) is 1. The summed E-state index contributed by atoms with van der Waals surface area (Å²) >= 11 is 6.00. The Hall–Kier alpha value is -2.57. The molecule has 0 saturated heterocycles. The van der Waals surface area contributed by atoms with Gasteiger partial charge in [-0.1, -0.05) is 41.9 Å². The van der Waals surface area contributed by atoms with E-state index in [1.807, 2.05) is 48.5 Å². The largest absolute Gasteiger partial charge is 0.496 e. The minimum atomic E-state index is -0.789. The molecule has 0 aromatic heterocycles. The van der Waals surface area contributed by atoms with Gasteiger partial charge in [0.1, 0.15) is 5.75 Å². The molecule has 0 aliphatic heterocycles. The molecule has 0 heterocycles. The first-order valence-electron chi connectivity index (χ1n) is 10.5. The summed E-state index contributed by atoms with van der Waals surface area (Å²) in [7, 11) is 1.59. The van der Waals surface area contributed by atoms with Gasteiger partial charge in [0.25, 0.3) is 0 Å². The lowest BCUT2D eigenvalue weighted by Crippen LogP contribution is -2.33. The summed E-state index contributed by atoms with van der Waals surface area (Å²) in [5, 5.41) is 12.6. The molecule has 0 aliphatic rings. The number of carbonyl (C=O) groups is 2. The lowest BCUT2D eigenvalue weighted by Gasteiger charge is -2.29. The van der Waals surface area contributed by atoms with Crippen LogP contribution >= 0.6 is 11.6 Å². The lowest BCUT2D eigenvalue weighted by atomic mass is 10.1. The molecular weight excluding hydrogens is 416 g/mol. The summed E-state index contributed by atoms with van der Waals surface area (Å²) in [6, 6.07) is 15.3. The normalized spacial score (nSPS) is 11.9. The van der Waals surface area contributed by atoms with Crippen molar-refractivity contribution in [3.63, 3.8) is 0 Å². The molecule has 0 fully saturated rings. The van der Waals surface area contributed by atoms with Gasteiger partial charge in [-0.3, -0.25) is 14.5 Å². The lowest BCUT2D eigenvalue weighted by molar-refractivity contribution is -0.137. The van der Waals surface area contributed by atoms with Crippen molar-refractivity contribution >= 4 is 23.5 Å². The zero-order valence-electron chi connectivity index (χ0n) is 18.1. The maximum absolute atomic E-state index is 12.3. The third-order valence-electron chi connectivity index (χ3n) is 5.22. The number of ether oxygens (including phenoxy) is 1. The van der Waals surface area contributed by atoms with Gasteiger partial charge in [0.15, 0.2) is 0 Å². The number of hydrogen-bond acceptors (Lipinski definition) is 4. The average Bonchev–Trinajstić information content (AvgIpc) is 2.75. The molecule has 0 aliphatic carbocycles. The van der Waals surface area contributed by atoms with Crippen LogP contribution in [0.25, 0.3) is 0 Å². The van der Waals surface area contributed by atoms with Crippen molar-refractivity contribution in [1.29, 1.82) is 0 Å². The topological polar surface area (TPSA) is 78.9 Å². The molecule has 0 radical (unpaired) electrons. The van der Waals surface area contributed by atoms with Crippen molar-refractivity contribution in [2.45, 2.75) is 38.6 Å². The van der Waals surface area contributed by atoms with E-state index in [4.69, 9.17) is 21.4 Å². The summed E-state index contributed by atoms with van der Waals surface area (Å²) < 4.78 is 5.30. The molecule has 2 rings (SSSR count). The van der Waals surface area contributed by atoms with Gasteiger partial charge in [-0.15, -0.1) is 0 Å². The predicted octanol–water partition coefficient (Wildman–Crippen LogP) is 4.33. The highest BCUT2D eigenvalue weighted by atomic mass is 35.5. The monoisotopic (exact) mass is 446 g/mol. The van der Waals surface area contributed by atoms with Gasteiger partial charge in [-0.25, -0.2) is 0 Å². The minimum absolute atomic E-state index is 0.0484. The van der Waals surface area contributed by atoms with Crippen molar-refractivity contribution in [1.82, 2.24) is 10.2 Å². The van der Waals surface area contributed by atoms with Gasteiger partial charge in [-0.2, -0.15) is 0 Å². The maximum Gasteiger partial charge on any atom is 0.303 e. The summed E-state index contributed by atoms with van der Waals surface area (Å²) in [5.41, 5.74) is 1.98. The predicted molar refractivity (Wildman–Crippen MR) is 123 cm³/mol. The molecule has 2 aromatic rings. The molecule has 7 heteroatoms. The Labute approximate surface area is 189 Å². The minimum Gasteiger partial charge on any atom is -0.496 e. The number of benzene rings is 2. The van der Waals surface area contributed by atoms with Gasteiger partial charge >= 0.3 is 5.97 Å². The Kier molecular flexibility index (Phi) is 10.3. The second kappa shape index (κ2) is 13.0. The van der Waals surface area contributed by atoms with Crippen molar-refractivity contribution < 1.29 is 19.4 Å². The smallest absolute Gasteiger partial charge is 0.303 e. The molecule has 1 unspecified atom stereocenters. The van der Waals surface area contributed by atoms with E-state index in [1.54, 1.807) is 7.11 Å². The molecular formula is C24H31ClN2O4. The number of nitrogens with zero attached hydrogens (tertiary/aromatic N) is 1. The molecule has 2 aromatic carbocycles. The van der Waals surface area contributed by atoms with E-state index >= 15 is 0 Å². The van der Waals surface area contributed by atoms with Gasteiger partial charge < -0.3 is 15.2 Å². The fraction of sp³-hybridized carbons (Fsp3) is 0.417. The van der Waals surface area contributed by atoms with E-state index in [0.717, 1.165) is 24.1 Å². The Morgan fingerprint density at radius 2 is 1.77 bits per heavy atom. The van der Waals surface area contributed by atoms with Crippen LogP contribution in [0.15, 0.2) is 48.5 Å². The molecule has 6 nitrogen and oxygen atoms in total. The number of hydrogen-bond donors (Lipinski definition) is 2. The van der Waals surface area contributed by atoms with Crippen molar-refractivity contribution in [3.8, 4) is 5.75 Å². The number of aliphatic carboxylic acids is 1. The van der Waals surface area contributed by atoms with Crippen LogP contribution in [0, 0.1) is 0 Å². The number of nitrogens with one attached hydrogen (secondary N) is 1. The highest BCUT2D eigenvalue weighted by Crippen LogP contribution is 2.23. The Morgan fingerprint density at radius 1 is 1.10 bits per heavy atom. The molecule has 31 heavy (non-hydrogen) atoms. The first-order chi connectivity index (χ1) is 14.9. The zero-order valence-corrected chi connectivity index (χ0v) is 18.9. The van der Waals surface area contributed by atoms with Crippen LogP contribution in [0.5, 0.6) is 5.75 Å². The Bertz CT molecular complexity index is 842. The summed E-state index contributed by atoms with van der Waals surface area (Å²) in [4.78, 5) is 25.4. The van der Waals surface area contributed by atoms with E-state index in [0.29, 0.717) is 30.3 Å². The van der Waals surface area contributed by atoms with Crippen molar-refractivity contribution in [2.75, 3.05) is 26.7 Å². The molecule has 0 bridgehead atoms. The van der Waals surface area contributed by atoms with E-state index in [9.17, 15) is 9.59 Å². The number of carboxylic acids is 1. The number of carbonyl (C=O) groups excluding carboxylic acids is 1. The maximum atomic E-state index is 12.3. The fourth-order valence-corrected chi connectivity index (χ4v) is 3.61. The van der Waals surface area contributed by atoms with E-state index in [2.05, 4.69) is 17.1 Å². The van der Waals surface area contributed by atoms with Crippen molar-refractivity contribution in [3.05, 3.63) is 64.7 Å². The second-order valence-electron chi connectivity index (χ2n) is 7.45. The molecule has 2 N–H and O–H groups in total. The van der Waals surface area contributed by atoms with Gasteiger partial charge in [0.2, 0.25) is 5.91 Å². The van der Waals surface area contributed by atoms with Crippen LogP contribution in [0.3, 0.4) is 0 Å². The van der Waals surface area contributed by atoms with Crippen LogP contribution in [0.4, 0.5) is 0 Å². The Morgan fingerprint density at radius 3 is 2.45 bits per heavy atom. The standard InChI is InChI=1S/C24H31ClN2O4/c1-18(19-10-12-21(25)13-11-19)27(15-5-9-24(29)30)16-6-14-26-23(28)17-20-7-3-4-8-22(20)31-2/h3-4,7-8,10-13,18H,5-6,9,14-17H2,1-2H3,(H,26,28)(H,29,30). The molecule has 0 saturated carbocycles. The van der Waals surface area contributed by atoms with Crippen LogP contribution in [-0.2, 0) is 16.0 Å². The number of amides is 1. The van der Waals surface area contributed by atoms with Crippen LogP contribution in [0.2, 0.25) is 5.02 Å². The summed E-state index contributed by atoms with van der Waals surface area (Å²) in [5.74, 6) is -0.130. The van der Waals surface area contributed by atoms with Crippen LogP contribution in [-0.4, -0.2) is 48.6 Å². The van der Waals surface area contributed by atoms with Crippen molar-refractivity contribution in [2.24, 2.45) is 0 Å². The molecule has 168 valence electrons. The average molecular weight is 447 g/mol. The highest BCUT2D eigenvalue weighted by Gasteiger charge is 2.16. The molecule has 1 atom stereocenters. The summed E-state index contributed by atoms with van der Waals surface area (Å²) in [6.07, 6.45) is 1.75. The number of methoxy groups -OCH3 is 1. The first kappa shape index (κ1) is 24.7. The highest BCUT2D eigenvalue weighted by molar-refractivity contribution is 6.30. The fourth-order valence-electron chi connectivity index (χ4n) is 3.48. The van der Waals surface area contributed by atoms with Gasteiger partial charge in [0.05, 0.1) is 13.5 Å². The quantitative estimate of drug-likeness (QED) is 0.448.